The molecule has 0 saturated carbocycles. The van der Waals surface area contributed by atoms with Gasteiger partial charge < -0.3 is 10.7 Å². The van der Waals surface area contributed by atoms with E-state index in [1.807, 2.05) is 12.3 Å². The highest BCUT2D eigenvalue weighted by molar-refractivity contribution is 5.83. The lowest BCUT2D eigenvalue weighted by atomic mass is 9.86. The van der Waals surface area contributed by atoms with Crippen molar-refractivity contribution < 1.29 is 4.39 Å². The van der Waals surface area contributed by atoms with Crippen LogP contribution in [0.25, 0.3) is 10.9 Å². The van der Waals surface area contributed by atoms with Gasteiger partial charge >= 0.3 is 0 Å². The minimum atomic E-state index is -0.165. The van der Waals surface area contributed by atoms with Gasteiger partial charge in [-0.2, -0.15) is 0 Å². The van der Waals surface area contributed by atoms with Gasteiger partial charge in [0.05, 0.1) is 0 Å². The molecule has 0 unspecified atom stereocenters. The van der Waals surface area contributed by atoms with E-state index in [1.165, 1.54) is 6.07 Å². The second-order valence-electron chi connectivity index (χ2n) is 5.02. The molecular weight excluding hydrogens is 203 g/mol. The van der Waals surface area contributed by atoms with Crippen LogP contribution >= 0.6 is 0 Å². The highest BCUT2D eigenvalue weighted by Crippen LogP contribution is 2.27. The van der Waals surface area contributed by atoms with Crippen LogP contribution in [-0.2, 0) is 6.42 Å². The third kappa shape index (κ3) is 1.95. The van der Waals surface area contributed by atoms with Crippen LogP contribution in [0.2, 0.25) is 0 Å². The zero-order valence-corrected chi connectivity index (χ0v) is 9.68. The van der Waals surface area contributed by atoms with E-state index in [9.17, 15) is 4.39 Å². The predicted molar refractivity (Wildman–Crippen MR) is 64.8 cm³/mol. The first-order valence-electron chi connectivity index (χ1n) is 5.48. The van der Waals surface area contributed by atoms with Gasteiger partial charge in [-0.3, -0.25) is 0 Å². The molecule has 0 aliphatic carbocycles. The van der Waals surface area contributed by atoms with Gasteiger partial charge in [-0.1, -0.05) is 19.9 Å². The molecule has 0 fully saturated rings. The van der Waals surface area contributed by atoms with Crippen LogP contribution in [0.3, 0.4) is 0 Å². The Hall–Kier alpha value is -1.35. The van der Waals surface area contributed by atoms with Crippen molar-refractivity contribution in [3.63, 3.8) is 0 Å². The molecule has 3 heteroatoms. The van der Waals surface area contributed by atoms with Gasteiger partial charge in [0, 0.05) is 17.1 Å². The molecular formula is C13H17FN2. The fourth-order valence-electron chi connectivity index (χ4n) is 1.93. The summed E-state index contributed by atoms with van der Waals surface area (Å²) in [6.45, 7) is 4.77. The van der Waals surface area contributed by atoms with E-state index in [0.29, 0.717) is 11.9 Å². The summed E-state index contributed by atoms with van der Waals surface area (Å²) < 4.78 is 13.7. The SMILES string of the molecule is CC(C)(CN)Cc1c[nH]c2cccc(F)c12. The van der Waals surface area contributed by atoms with E-state index in [2.05, 4.69) is 18.8 Å². The predicted octanol–water partition coefficient (Wildman–Crippen LogP) is 2.83. The Morgan fingerprint density at radius 2 is 2.12 bits per heavy atom. The van der Waals surface area contributed by atoms with E-state index in [1.54, 1.807) is 6.07 Å². The van der Waals surface area contributed by atoms with Gasteiger partial charge in [-0.25, -0.2) is 4.39 Å². The Labute approximate surface area is 94.7 Å². The van der Waals surface area contributed by atoms with Crippen LogP contribution in [0.5, 0.6) is 0 Å². The standard InChI is InChI=1S/C13H17FN2/c1-13(2,8-15)6-9-7-16-11-5-3-4-10(14)12(9)11/h3-5,7,16H,6,8,15H2,1-2H3. The maximum atomic E-state index is 13.7. The van der Waals surface area contributed by atoms with Gasteiger partial charge in [0.25, 0.3) is 0 Å². The van der Waals surface area contributed by atoms with Crippen molar-refractivity contribution in [2.75, 3.05) is 6.54 Å². The fourth-order valence-corrected chi connectivity index (χ4v) is 1.93. The summed E-state index contributed by atoms with van der Waals surface area (Å²) in [4.78, 5) is 3.09. The molecule has 0 aliphatic heterocycles. The van der Waals surface area contributed by atoms with E-state index in [4.69, 9.17) is 5.73 Å². The summed E-state index contributed by atoms with van der Waals surface area (Å²) in [5, 5.41) is 0.698. The third-order valence-corrected chi connectivity index (χ3v) is 2.96. The summed E-state index contributed by atoms with van der Waals surface area (Å²) in [6.07, 6.45) is 2.66. The van der Waals surface area contributed by atoms with Crippen molar-refractivity contribution in [3.05, 3.63) is 35.8 Å². The molecule has 0 radical (unpaired) electrons. The normalized spacial score (nSPS) is 12.2. The van der Waals surface area contributed by atoms with Crippen LogP contribution in [0, 0.1) is 11.2 Å². The van der Waals surface area contributed by atoms with E-state index in [0.717, 1.165) is 17.5 Å². The quantitative estimate of drug-likeness (QED) is 0.820. The smallest absolute Gasteiger partial charge is 0.132 e. The molecule has 0 amide bonds. The van der Waals surface area contributed by atoms with Crippen molar-refractivity contribution in [2.45, 2.75) is 20.3 Å². The number of aromatic nitrogens is 1. The van der Waals surface area contributed by atoms with Crippen LogP contribution < -0.4 is 5.73 Å². The van der Waals surface area contributed by atoms with Crippen molar-refractivity contribution >= 4 is 10.9 Å². The second-order valence-corrected chi connectivity index (χ2v) is 5.02. The number of nitrogens with one attached hydrogen (secondary N) is 1. The van der Waals surface area contributed by atoms with Crippen molar-refractivity contribution in [1.29, 1.82) is 0 Å². The summed E-state index contributed by atoms with van der Waals surface area (Å²) >= 11 is 0. The van der Waals surface area contributed by atoms with Gasteiger partial charge in [0.15, 0.2) is 0 Å². The maximum Gasteiger partial charge on any atom is 0.132 e. The summed E-state index contributed by atoms with van der Waals surface area (Å²) in [7, 11) is 0. The molecule has 2 aromatic rings. The zero-order valence-electron chi connectivity index (χ0n) is 9.68. The number of fused-ring (bicyclic) bond motifs is 1. The number of hydrogen-bond acceptors (Lipinski definition) is 1. The van der Waals surface area contributed by atoms with Crippen molar-refractivity contribution in [2.24, 2.45) is 11.1 Å². The molecule has 0 spiro atoms. The number of rotatable bonds is 3. The van der Waals surface area contributed by atoms with E-state index >= 15 is 0 Å². The zero-order chi connectivity index (χ0) is 11.8. The Morgan fingerprint density at radius 1 is 1.38 bits per heavy atom. The Bertz CT molecular complexity index is 500. The minimum Gasteiger partial charge on any atom is -0.361 e. The molecule has 0 bridgehead atoms. The summed E-state index contributed by atoms with van der Waals surface area (Å²) in [6, 6.07) is 5.10. The lowest BCUT2D eigenvalue weighted by molar-refractivity contribution is 0.377. The van der Waals surface area contributed by atoms with Crippen molar-refractivity contribution in [3.8, 4) is 0 Å². The molecule has 0 aliphatic rings. The molecule has 0 saturated heterocycles. The van der Waals surface area contributed by atoms with Crippen LogP contribution in [-0.4, -0.2) is 11.5 Å². The number of halogens is 1. The molecule has 3 N–H and O–H groups in total. The molecule has 86 valence electrons. The first-order valence-corrected chi connectivity index (χ1v) is 5.48. The van der Waals surface area contributed by atoms with Gasteiger partial charge in [0.1, 0.15) is 5.82 Å². The lowest BCUT2D eigenvalue weighted by Crippen LogP contribution is -2.25. The molecule has 16 heavy (non-hydrogen) atoms. The number of nitrogens with two attached hydrogens (primary N) is 1. The topological polar surface area (TPSA) is 41.8 Å². The monoisotopic (exact) mass is 220 g/mol. The van der Waals surface area contributed by atoms with Crippen molar-refractivity contribution in [1.82, 2.24) is 4.98 Å². The highest BCUT2D eigenvalue weighted by Gasteiger charge is 2.19. The highest BCUT2D eigenvalue weighted by atomic mass is 19.1. The van der Waals surface area contributed by atoms with Crippen LogP contribution in [0.4, 0.5) is 4.39 Å². The summed E-state index contributed by atoms with van der Waals surface area (Å²) in [5.74, 6) is -0.165. The fraction of sp³-hybridized carbons (Fsp3) is 0.385. The largest absolute Gasteiger partial charge is 0.361 e. The average Bonchev–Trinajstić information content (AvgIpc) is 2.62. The molecule has 0 atom stereocenters. The van der Waals surface area contributed by atoms with Crippen LogP contribution in [0.15, 0.2) is 24.4 Å². The first-order chi connectivity index (χ1) is 7.53. The van der Waals surface area contributed by atoms with Gasteiger partial charge in [-0.15, -0.1) is 0 Å². The van der Waals surface area contributed by atoms with E-state index < -0.39 is 0 Å². The number of hydrogen-bond donors (Lipinski definition) is 2. The Kier molecular flexibility index (Phi) is 2.72. The van der Waals surface area contributed by atoms with Gasteiger partial charge in [0.2, 0.25) is 0 Å². The number of aromatic amines is 1. The van der Waals surface area contributed by atoms with Gasteiger partial charge in [-0.05, 0) is 36.1 Å². The maximum absolute atomic E-state index is 13.7. The van der Waals surface area contributed by atoms with E-state index in [-0.39, 0.29) is 11.2 Å². The molecule has 2 rings (SSSR count). The molecule has 1 heterocycles. The summed E-state index contributed by atoms with van der Waals surface area (Å²) in [5.41, 5.74) is 7.55. The molecule has 1 aromatic carbocycles. The Morgan fingerprint density at radius 3 is 2.81 bits per heavy atom. The lowest BCUT2D eigenvalue weighted by Gasteiger charge is -2.21. The molecule has 2 nitrogen and oxygen atoms in total. The molecule has 1 aromatic heterocycles. The van der Waals surface area contributed by atoms with Crippen LogP contribution in [0.1, 0.15) is 19.4 Å². The second kappa shape index (κ2) is 3.91. The number of benzene rings is 1. The third-order valence-electron chi connectivity index (χ3n) is 2.96. The number of H-pyrrole nitrogens is 1. The minimum absolute atomic E-state index is 0.00257. The first kappa shape index (κ1) is 11.1. The average molecular weight is 220 g/mol. The Balaban J connectivity index is 2.46.